The molecule has 0 bridgehead atoms. The summed E-state index contributed by atoms with van der Waals surface area (Å²) in [4.78, 5) is 8.63. The van der Waals surface area contributed by atoms with E-state index in [4.69, 9.17) is 0 Å². The molecule has 1 atom stereocenters. The Kier molecular flexibility index (Phi) is 3.44. The van der Waals surface area contributed by atoms with Gasteiger partial charge in [-0.05, 0) is 25.8 Å². The van der Waals surface area contributed by atoms with Crippen molar-refractivity contribution in [2.24, 2.45) is 0 Å². The van der Waals surface area contributed by atoms with Crippen LogP contribution in [0.1, 0.15) is 30.3 Å². The molecule has 0 amide bonds. The molecule has 1 aliphatic rings. The van der Waals surface area contributed by atoms with Crippen molar-refractivity contribution in [3.63, 3.8) is 0 Å². The van der Waals surface area contributed by atoms with E-state index >= 15 is 0 Å². The van der Waals surface area contributed by atoms with Crippen LogP contribution in [0.25, 0.3) is 0 Å². The van der Waals surface area contributed by atoms with Crippen molar-refractivity contribution in [3.8, 4) is 0 Å². The number of rotatable bonds is 2. The second kappa shape index (κ2) is 4.70. The minimum atomic E-state index is -3.10. The molecule has 2 heterocycles. The summed E-state index contributed by atoms with van der Waals surface area (Å²) >= 11 is 0. The molecule has 0 spiro atoms. The summed E-state index contributed by atoms with van der Waals surface area (Å²) in [5, 5.41) is 0. The Morgan fingerprint density at radius 3 is 2.88 bits per heavy atom. The quantitative estimate of drug-likeness (QED) is 0.788. The van der Waals surface area contributed by atoms with Gasteiger partial charge < -0.3 is 0 Å². The van der Waals surface area contributed by atoms with Gasteiger partial charge in [0, 0.05) is 30.9 Å². The third-order valence-electron chi connectivity index (χ3n) is 3.03. The van der Waals surface area contributed by atoms with Gasteiger partial charge in [0.25, 0.3) is 0 Å². The van der Waals surface area contributed by atoms with Gasteiger partial charge in [-0.3, -0.25) is 0 Å². The van der Waals surface area contributed by atoms with Gasteiger partial charge in [0.1, 0.15) is 5.82 Å². The van der Waals surface area contributed by atoms with E-state index in [9.17, 15) is 8.42 Å². The maximum atomic E-state index is 11.5. The molecule has 1 aliphatic heterocycles. The van der Waals surface area contributed by atoms with Gasteiger partial charge in [-0.1, -0.05) is 0 Å². The van der Waals surface area contributed by atoms with Gasteiger partial charge in [-0.2, -0.15) is 0 Å². The molecule has 0 aliphatic carbocycles. The lowest BCUT2D eigenvalue weighted by atomic mass is 9.99. The molecule has 2 rings (SSSR count). The van der Waals surface area contributed by atoms with E-state index in [1.807, 2.05) is 13.0 Å². The summed E-state index contributed by atoms with van der Waals surface area (Å²) in [5.74, 6) is 0.886. The molecule has 5 nitrogen and oxygen atoms in total. The second-order valence-electron chi connectivity index (χ2n) is 4.52. The fourth-order valence-corrected chi connectivity index (χ4v) is 3.03. The first-order chi connectivity index (χ1) is 7.97. The number of hydrogen-bond acceptors (Lipinski definition) is 4. The topological polar surface area (TPSA) is 63.2 Å². The van der Waals surface area contributed by atoms with Crippen molar-refractivity contribution >= 4 is 10.0 Å². The van der Waals surface area contributed by atoms with Crippen molar-refractivity contribution < 1.29 is 8.42 Å². The van der Waals surface area contributed by atoms with Crippen LogP contribution in [0, 0.1) is 6.92 Å². The van der Waals surface area contributed by atoms with E-state index in [-0.39, 0.29) is 5.92 Å². The van der Waals surface area contributed by atoms with Gasteiger partial charge in [-0.25, -0.2) is 22.7 Å². The zero-order valence-corrected chi connectivity index (χ0v) is 10.9. The van der Waals surface area contributed by atoms with Crippen molar-refractivity contribution in [1.82, 2.24) is 14.3 Å². The molecule has 94 valence electrons. The first-order valence-electron chi connectivity index (χ1n) is 5.71. The summed E-state index contributed by atoms with van der Waals surface area (Å²) in [7, 11) is -3.10. The Morgan fingerprint density at radius 1 is 1.47 bits per heavy atom. The lowest BCUT2D eigenvalue weighted by molar-refractivity contribution is 0.311. The zero-order chi connectivity index (χ0) is 12.5. The Bertz CT molecular complexity index is 501. The Balaban J connectivity index is 2.18. The lowest BCUT2D eigenvalue weighted by Gasteiger charge is -2.30. The van der Waals surface area contributed by atoms with Gasteiger partial charge >= 0.3 is 0 Å². The lowest BCUT2D eigenvalue weighted by Crippen LogP contribution is -2.38. The van der Waals surface area contributed by atoms with Crippen molar-refractivity contribution in [2.75, 3.05) is 19.3 Å². The summed E-state index contributed by atoms with van der Waals surface area (Å²) in [6, 6.07) is 1.85. The van der Waals surface area contributed by atoms with Crippen molar-refractivity contribution in [3.05, 3.63) is 23.8 Å². The van der Waals surface area contributed by atoms with Crippen LogP contribution in [0.3, 0.4) is 0 Å². The Morgan fingerprint density at radius 2 is 2.24 bits per heavy atom. The molecule has 17 heavy (non-hydrogen) atoms. The number of sulfonamides is 1. The van der Waals surface area contributed by atoms with Gasteiger partial charge in [0.2, 0.25) is 10.0 Å². The molecule has 0 aromatic carbocycles. The highest BCUT2D eigenvalue weighted by Crippen LogP contribution is 2.25. The fourth-order valence-electron chi connectivity index (χ4n) is 2.12. The summed E-state index contributed by atoms with van der Waals surface area (Å²) < 4.78 is 24.6. The van der Waals surface area contributed by atoms with Crippen LogP contribution in [-0.4, -0.2) is 42.0 Å². The molecule has 1 aromatic heterocycles. The van der Waals surface area contributed by atoms with Crippen LogP contribution in [-0.2, 0) is 10.0 Å². The molecule has 1 fully saturated rings. The molecular weight excluding hydrogens is 238 g/mol. The maximum absolute atomic E-state index is 11.5. The largest absolute Gasteiger partial charge is 0.241 e. The smallest absolute Gasteiger partial charge is 0.211 e. The number of aromatic nitrogens is 2. The predicted octanol–water partition coefficient (Wildman–Crippen LogP) is 0.924. The molecule has 0 unspecified atom stereocenters. The minimum Gasteiger partial charge on any atom is -0.241 e. The molecule has 0 saturated carbocycles. The summed E-state index contributed by atoms with van der Waals surface area (Å²) in [6.45, 7) is 3.03. The standard InChI is InChI=1S/C11H17N3O2S/c1-9-5-6-12-11(13-9)10-4-3-7-14(8-10)17(2,15)16/h5-6,10H,3-4,7-8H2,1-2H3/t10-/m1/s1. The van der Waals surface area contributed by atoms with Gasteiger partial charge in [-0.15, -0.1) is 0 Å². The highest BCUT2D eigenvalue weighted by molar-refractivity contribution is 7.88. The fraction of sp³-hybridized carbons (Fsp3) is 0.636. The van der Waals surface area contributed by atoms with Crippen LogP contribution in [0.5, 0.6) is 0 Å². The zero-order valence-electron chi connectivity index (χ0n) is 10.1. The normalized spacial score (nSPS) is 22.6. The van der Waals surface area contributed by atoms with Gasteiger partial charge in [0.05, 0.1) is 6.26 Å². The number of nitrogens with zero attached hydrogens (tertiary/aromatic N) is 3. The minimum absolute atomic E-state index is 0.123. The summed E-state index contributed by atoms with van der Waals surface area (Å²) in [6.07, 6.45) is 4.81. The monoisotopic (exact) mass is 255 g/mol. The third kappa shape index (κ3) is 3.01. The van der Waals surface area contributed by atoms with Crippen LogP contribution < -0.4 is 0 Å². The van der Waals surface area contributed by atoms with Crippen LogP contribution in [0.15, 0.2) is 12.3 Å². The molecule has 1 saturated heterocycles. The predicted molar refractivity (Wildman–Crippen MR) is 65.2 cm³/mol. The van der Waals surface area contributed by atoms with Crippen LogP contribution in [0.2, 0.25) is 0 Å². The van der Waals surface area contributed by atoms with Crippen LogP contribution >= 0.6 is 0 Å². The van der Waals surface area contributed by atoms with E-state index in [1.54, 1.807) is 6.20 Å². The molecule has 1 aromatic rings. The first kappa shape index (κ1) is 12.4. The second-order valence-corrected chi connectivity index (χ2v) is 6.50. The molecule has 0 radical (unpaired) electrons. The van der Waals surface area contributed by atoms with Crippen molar-refractivity contribution in [2.45, 2.75) is 25.7 Å². The van der Waals surface area contributed by atoms with Gasteiger partial charge in [0.15, 0.2) is 0 Å². The van der Waals surface area contributed by atoms with E-state index in [1.165, 1.54) is 10.6 Å². The Hall–Kier alpha value is -1.01. The first-order valence-corrected chi connectivity index (χ1v) is 7.56. The molecule has 0 N–H and O–H groups in total. The maximum Gasteiger partial charge on any atom is 0.211 e. The van der Waals surface area contributed by atoms with E-state index in [0.29, 0.717) is 13.1 Å². The van der Waals surface area contributed by atoms with E-state index in [0.717, 1.165) is 24.4 Å². The van der Waals surface area contributed by atoms with E-state index < -0.39 is 10.0 Å². The average molecular weight is 255 g/mol. The number of hydrogen-bond donors (Lipinski definition) is 0. The summed E-state index contributed by atoms with van der Waals surface area (Å²) in [5.41, 5.74) is 0.923. The number of piperidine rings is 1. The molecule has 6 heteroatoms. The highest BCUT2D eigenvalue weighted by Gasteiger charge is 2.28. The third-order valence-corrected chi connectivity index (χ3v) is 4.30. The highest BCUT2D eigenvalue weighted by atomic mass is 32.2. The average Bonchev–Trinajstić information content (AvgIpc) is 2.28. The Labute approximate surface area is 102 Å². The molecular formula is C11H17N3O2S. The van der Waals surface area contributed by atoms with E-state index in [2.05, 4.69) is 9.97 Å². The number of aryl methyl sites for hydroxylation is 1. The van der Waals surface area contributed by atoms with Crippen LogP contribution in [0.4, 0.5) is 0 Å². The van der Waals surface area contributed by atoms with Crippen molar-refractivity contribution in [1.29, 1.82) is 0 Å². The SMILES string of the molecule is Cc1ccnc([C@@H]2CCCN(S(C)(=O)=O)C2)n1.